The number of rotatable bonds is 5. The van der Waals surface area contributed by atoms with Crippen molar-refractivity contribution in [2.45, 2.75) is 19.5 Å². The molecule has 1 amide bonds. The monoisotopic (exact) mass is 437 g/mol. The third-order valence-electron chi connectivity index (χ3n) is 4.44. The van der Waals surface area contributed by atoms with Crippen LogP contribution in [0, 0.1) is 0 Å². The number of fused-ring (bicyclic) bond motifs is 1. The molecule has 6 nitrogen and oxygen atoms in total. The minimum absolute atomic E-state index is 0.00712. The molecule has 0 bridgehead atoms. The van der Waals surface area contributed by atoms with Crippen LogP contribution in [0.15, 0.2) is 54.9 Å². The Morgan fingerprint density at radius 2 is 1.77 bits per heavy atom. The fraction of sp³-hybridized carbons (Fsp3) is 0.150. The number of halogens is 5. The highest BCUT2D eigenvalue weighted by molar-refractivity contribution is 6.10. The summed E-state index contributed by atoms with van der Waals surface area (Å²) >= 11 is 0. The highest BCUT2D eigenvalue weighted by atomic mass is 19.4. The van der Waals surface area contributed by atoms with Gasteiger partial charge in [-0.2, -0.15) is 8.78 Å². The first-order valence-corrected chi connectivity index (χ1v) is 8.78. The molecular formula is C20H12F5N3O3. The second-order valence-corrected chi connectivity index (χ2v) is 6.35. The number of nitrogens with zero attached hydrogens (tertiary/aromatic N) is 3. The Balaban J connectivity index is 1.67. The molecule has 0 atom stereocenters. The standard InChI is InChI=1S/C20H12F5N3O3/c21-19(22)30-15-4-2-1-3-13(15)17-14-10-28(18(29)12(14)7-8-26-17)16-6-5-11(9-27-16)31-20(23,24)25/h1-9,19H,10H2. The Morgan fingerprint density at radius 1 is 1.00 bits per heavy atom. The quantitative estimate of drug-likeness (QED) is 0.537. The summed E-state index contributed by atoms with van der Waals surface area (Å²) in [6.07, 6.45) is -2.65. The van der Waals surface area contributed by atoms with Gasteiger partial charge in [-0.05, 0) is 30.3 Å². The van der Waals surface area contributed by atoms with Gasteiger partial charge in [0, 0.05) is 22.9 Å². The van der Waals surface area contributed by atoms with Gasteiger partial charge in [-0.15, -0.1) is 13.2 Å². The lowest BCUT2D eigenvalue weighted by Crippen LogP contribution is -2.24. The molecule has 3 aromatic rings. The summed E-state index contributed by atoms with van der Waals surface area (Å²) < 4.78 is 70.9. The van der Waals surface area contributed by atoms with Crippen molar-refractivity contribution in [2.75, 3.05) is 4.90 Å². The average Bonchev–Trinajstić information content (AvgIpc) is 3.04. The molecule has 11 heteroatoms. The molecule has 3 heterocycles. The van der Waals surface area contributed by atoms with E-state index in [1.165, 1.54) is 41.4 Å². The van der Waals surface area contributed by atoms with Crippen LogP contribution in [0.1, 0.15) is 15.9 Å². The number of amides is 1. The van der Waals surface area contributed by atoms with E-state index in [0.717, 1.165) is 12.3 Å². The first-order valence-electron chi connectivity index (χ1n) is 8.78. The van der Waals surface area contributed by atoms with Gasteiger partial charge < -0.3 is 9.47 Å². The summed E-state index contributed by atoms with van der Waals surface area (Å²) in [7, 11) is 0. The van der Waals surface area contributed by atoms with Crippen molar-refractivity contribution >= 4 is 11.7 Å². The fourth-order valence-electron chi connectivity index (χ4n) is 3.23. The molecule has 0 saturated carbocycles. The summed E-state index contributed by atoms with van der Waals surface area (Å²) in [6, 6.07) is 9.76. The number of carbonyl (C=O) groups is 1. The van der Waals surface area contributed by atoms with Crippen molar-refractivity contribution in [3.63, 3.8) is 0 Å². The molecule has 0 spiro atoms. The molecule has 160 valence electrons. The van der Waals surface area contributed by atoms with E-state index in [-0.39, 0.29) is 34.9 Å². The summed E-state index contributed by atoms with van der Waals surface area (Å²) in [5, 5.41) is 0. The van der Waals surface area contributed by atoms with E-state index in [4.69, 9.17) is 0 Å². The van der Waals surface area contributed by atoms with E-state index in [1.807, 2.05) is 0 Å². The zero-order valence-electron chi connectivity index (χ0n) is 15.4. The van der Waals surface area contributed by atoms with Crippen LogP contribution in [-0.4, -0.2) is 28.8 Å². The molecular weight excluding hydrogens is 425 g/mol. The van der Waals surface area contributed by atoms with Crippen molar-refractivity contribution < 1.29 is 36.2 Å². The number of para-hydroxylation sites is 1. The van der Waals surface area contributed by atoms with Gasteiger partial charge in [-0.1, -0.05) is 12.1 Å². The van der Waals surface area contributed by atoms with Gasteiger partial charge in [0.15, 0.2) is 0 Å². The molecule has 0 unspecified atom stereocenters. The third-order valence-corrected chi connectivity index (χ3v) is 4.44. The van der Waals surface area contributed by atoms with Gasteiger partial charge in [0.05, 0.1) is 18.4 Å². The second-order valence-electron chi connectivity index (χ2n) is 6.35. The minimum Gasteiger partial charge on any atom is -0.434 e. The highest BCUT2D eigenvalue weighted by Crippen LogP contribution is 2.37. The third kappa shape index (κ3) is 4.25. The predicted octanol–water partition coefficient (Wildman–Crippen LogP) is 4.80. The number of benzene rings is 1. The van der Waals surface area contributed by atoms with Crippen LogP contribution in [0.5, 0.6) is 11.5 Å². The Bertz CT molecular complexity index is 1120. The van der Waals surface area contributed by atoms with E-state index in [9.17, 15) is 26.7 Å². The van der Waals surface area contributed by atoms with Gasteiger partial charge in [0.2, 0.25) is 0 Å². The van der Waals surface area contributed by atoms with Crippen molar-refractivity contribution in [3.8, 4) is 22.8 Å². The normalized spacial score (nSPS) is 13.5. The van der Waals surface area contributed by atoms with Crippen LogP contribution >= 0.6 is 0 Å². The average molecular weight is 437 g/mol. The maximum Gasteiger partial charge on any atom is 0.573 e. The fourth-order valence-corrected chi connectivity index (χ4v) is 3.23. The molecule has 31 heavy (non-hydrogen) atoms. The molecule has 0 radical (unpaired) electrons. The first kappa shape index (κ1) is 20.5. The molecule has 0 N–H and O–H groups in total. The number of hydrogen-bond donors (Lipinski definition) is 0. The number of anilines is 1. The van der Waals surface area contributed by atoms with E-state index >= 15 is 0 Å². The Labute approximate surface area is 171 Å². The van der Waals surface area contributed by atoms with Crippen molar-refractivity contribution in [2.24, 2.45) is 0 Å². The number of aromatic nitrogens is 2. The maximum absolute atomic E-state index is 12.9. The number of hydrogen-bond acceptors (Lipinski definition) is 5. The predicted molar refractivity (Wildman–Crippen MR) is 97.7 cm³/mol. The molecule has 2 aromatic heterocycles. The lowest BCUT2D eigenvalue weighted by Gasteiger charge is -2.16. The van der Waals surface area contributed by atoms with Crippen molar-refractivity contribution in [1.82, 2.24) is 9.97 Å². The molecule has 1 aliphatic heterocycles. The topological polar surface area (TPSA) is 64.5 Å². The van der Waals surface area contributed by atoms with Gasteiger partial charge in [-0.25, -0.2) is 4.98 Å². The zero-order chi connectivity index (χ0) is 22.2. The summed E-state index contributed by atoms with van der Waals surface area (Å²) in [5.74, 6) is -0.987. The van der Waals surface area contributed by atoms with E-state index in [0.29, 0.717) is 5.56 Å². The Kier molecular flexibility index (Phi) is 5.17. The Morgan fingerprint density at radius 3 is 2.45 bits per heavy atom. The number of carbonyl (C=O) groups excluding carboxylic acids is 1. The highest BCUT2D eigenvalue weighted by Gasteiger charge is 2.34. The maximum atomic E-state index is 12.9. The van der Waals surface area contributed by atoms with E-state index in [1.54, 1.807) is 6.07 Å². The second kappa shape index (κ2) is 7.82. The number of pyridine rings is 2. The lowest BCUT2D eigenvalue weighted by atomic mass is 10.0. The van der Waals surface area contributed by atoms with Crippen LogP contribution in [0.2, 0.25) is 0 Å². The van der Waals surface area contributed by atoms with Gasteiger partial charge >= 0.3 is 13.0 Å². The molecule has 4 rings (SSSR count). The molecule has 0 saturated heterocycles. The number of alkyl halides is 5. The first-order chi connectivity index (χ1) is 14.7. The van der Waals surface area contributed by atoms with Crippen molar-refractivity contribution in [3.05, 3.63) is 66.0 Å². The summed E-state index contributed by atoms with van der Waals surface area (Å²) in [4.78, 5) is 22.2. The smallest absolute Gasteiger partial charge is 0.434 e. The van der Waals surface area contributed by atoms with Crippen LogP contribution in [0.25, 0.3) is 11.3 Å². The summed E-state index contributed by atoms with van der Waals surface area (Å²) in [5.41, 5.74) is 1.28. The molecule has 0 aliphatic carbocycles. The Hall–Kier alpha value is -3.76. The van der Waals surface area contributed by atoms with Gasteiger partial charge in [0.25, 0.3) is 5.91 Å². The van der Waals surface area contributed by atoms with Crippen molar-refractivity contribution in [1.29, 1.82) is 0 Å². The van der Waals surface area contributed by atoms with Crippen LogP contribution in [-0.2, 0) is 6.54 Å². The van der Waals surface area contributed by atoms with E-state index < -0.39 is 24.6 Å². The SMILES string of the molecule is O=C1c2ccnc(-c3ccccc3OC(F)F)c2CN1c1ccc(OC(F)(F)F)cn1. The van der Waals surface area contributed by atoms with Crippen LogP contribution in [0.3, 0.4) is 0 Å². The largest absolute Gasteiger partial charge is 0.573 e. The van der Waals surface area contributed by atoms with Crippen LogP contribution in [0.4, 0.5) is 27.8 Å². The van der Waals surface area contributed by atoms with Crippen LogP contribution < -0.4 is 14.4 Å². The molecule has 1 aliphatic rings. The summed E-state index contributed by atoms with van der Waals surface area (Å²) in [6.45, 7) is -3.05. The van der Waals surface area contributed by atoms with Gasteiger partial charge in [0.1, 0.15) is 17.3 Å². The van der Waals surface area contributed by atoms with Gasteiger partial charge in [-0.3, -0.25) is 14.7 Å². The zero-order valence-corrected chi connectivity index (χ0v) is 15.4. The minimum atomic E-state index is -4.86. The molecule has 0 fully saturated rings. The number of ether oxygens (including phenoxy) is 2. The van der Waals surface area contributed by atoms with E-state index in [2.05, 4.69) is 19.4 Å². The lowest BCUT2D eigenvalue weighted by molar-refractivity contribution is -0.274. The molecule has 1 aromatic carbocycles.